The third-order valence-electron chi connectivity index (χ3n) is 3.06. The van der Waals surface area contributed by atoms with Crippen LogP contribution in [0.5, 0.6) is 0 Å². The van der Waals surface area contributed by atoms with E-state index in [1.54, 1.807) is 0 Å². The second kappa shape index (κ2) is 5.07. The van der Waals surface area contributed by atoms with Gasteiger partial charge in [0, 0.05) is 29.9 Å². The summed E-state index contributed by atoms with van der Waals surface area (Å²) < 4.78 is 6.63. The van der Waals surface area contributed by atoms with Gasteiger partial charge in [0.2, 0.25) is 0 Å². The normalized spacial score (nSPS) is 27.6. The van der Waals surface area contributed by atoms with Crippen molar-refractivity contribution < 1.29 is 20.1 Å². The number of pyridine rings is 1. The molecule has 0 saturated carbocycles. The van der Waals surface area contributed by atoms with Crippen LogP contribution in [0.3, 0.4) is 0 Å². The van der Waals surface area contributed by atoms with E-state index in [2.05, 4.69) is 0 Å². The molecule has 0 bridgehead atoms. The summed E-state index contributed by atoms with van der Waals surface area (Å²) in [7, 11) is 0. The fraction of sp³-hybridized carbons (Fsp3) is 0.545. The van der Waals surface area contributed by atoms with Crippen LogP contribution in [0.25, 0.3) is 0 Å². The third kappa shape index (κ3) is 2.25. The number of nitrogens with two attached hydrogens (primary N) is 1. The lowest BCUT2D eigenvalue weighted by molar-refractivity contribution is -0.0455. The van der Waals surface area contributed by atoms with Crippen molar-refractivity contribution in [1.29, 1.82) is 0 Å². The first kappa shape index (κ1) is 13.0. The van der Waals surface area contributed by atoms with Crippen LogP contribution in [0.1, 0.15) is 18.2 Å². The number of hydrogen-bond donors (Lipinski definition) is 4. The molecule has 0 unspecified atom stereocenters. The highest BCUT2D eigenvalue weighted by Crippen LogP contribution is 2.28. The molecule has 1 aromatic rings. The minimum Gasteiger partial charge on any atom is -0.398 e. The number of ether oxygens (including phenoxy) is 1. The zero-order valence-corrected chi connectivity index (χ0v) is 9.69. The van der Waals surface area contributed by atoms with Gasteiger partial charge >= 0.3 is 0 Å². The number of nitrogen functional groups attached to an aromatic ring is 1. The molecule has 1 aliphatic rings. The highest BCUT2D eigenvalue weighted by molar-refractivity contribution is 5.44. The van der Waals surface area contributed by atoms with Gasteiger partial charge in [-0.15, -0.1) is 0 Å². The molecule has 0 aromatic carbocycles. The first-order valence-electron chi connectivity index (χ1n) is 5.62. The van der Waals surface area contributed by atoms with Gasteiger partial charge in [0.25, 0.3) is 5.56 Å². The highest BCUT2D eigenvalue weighted by Gasteiger charge is 2.34. The standard InChI is InChI=1S/C11H16N2O5/c12-7-1-10(17)13(3-6(7)4-14)11-2-8(16)9(5-15)18-11/h1,3,8-9,11,14-16H,2,4-5,12H2/t8-,9+,11+/m0/s1. The van der Waals surface area contributed by atoms with Crippen molar-refractivity contribution in [3.05, 3.63) is 28.2 Å². The minimum absolute atomic E-state index is 0.208. The van der Waals surface area contributed by atoms with Crippen LogP contribution in [0.2, 0.25) is 0 Å². The maximum absolute atomic E-state index is 11.8. The lowest BCUT2D eigenvalue weighted by atomic mass is 10.2. The average molecular weight is 256 g/mol. The van der Waals surface area contributed by atoms with Crippen molar-refractivity contribution in [3.8, 4) is 0 Å². The maximum atomic E-state index is 11.8. The lowest BCUT2D eigenvalue weighted by Gasteiger charge is -2.16. The summed E-state index contributed by atoms with van der Waals surface area (Å²) in [5.41, 5.74) is 5.84. The fourth-order valence-corrected chi connectivity index (χ4v) is 2.01. The molecule has 2 rings (SSSR count). The summed E-state index contributed by atoms with van der Waals surface area (Å²) in [4.78, 5) is 11.8. The quantitative estimate of drug-likeness (QED) is 0.526. The van der Waals surface area contributed by atoms with Crippen LogP contribution in [0, 0.1) is 0 Å². The van der Waals surface area contributed by atoms with E-state index >= 15 is 0 Å². The number of hydrogen-bond acceptors (Lipinski definition) is 6. The predicted octanol–water partition coefficient (Wildman–Crippen LogP) is -1.44. The Morgan fingerprint density at radius 3 is 2.78 bits per heavy atom. The summed E-state index contributed by atoms with van der Waals surface area (Å²) in [6.45, 7) is -0.598. The molecule has 0 spiro atoms. The molecule has 3 atom stereocenters. The maximum Gasteiger partial charge on any atom is 0.254 e. The Morgan fingerprint density at radius 1 is 1.50 bits per heavy atom. The van der Waals surface area contributed by atoms with Crippen molar-refractivity contribution in [2.45, 2.75) is 31.5 Å². The minimum atomic E-state index is -0.818. The van der Waals surface area contributed by atoms with Gasteiger partial charge in [-0.2, -0.15) is 0 Å². The summed E-state index contributed by atoms with van der Waals surface area (Å²) in [5, 5.41) is 27.7. The monoisotopic (exact) mass is 256 g/mol. The van der Waals surface area contributed by atoms with Crippen molar-refractivity contribution >= 4 is 5.69 Å². The lowest BCUT2D eigenvalue weighted by Crippen LogP contribution is -2.26. The van der Waals surface area contributed by atoms with Gasteiger partial charge in [-0.3, -0.25) is 9.36 Å². The van der Waals surface area contributed by atoms with E-state index in [1.807, 2.05) is 0 Å². The Morgan fingerprint density at radius 2 is 2.22 bits per heavy atom. The summed E-state index contributed by atoms with van der Waals surface area (Å²) in [5.74, 6) is 0. The molecule has 1 saturated heterocycles. The molecule has 100 valence electrons. The Hall–Kier alpha value is -1.41. The Labute approximate surface area is 103 Å². The smallest absolute Gasteiger partial charge is 0.254 e. The molecule has 7 nitrogen and oxygen atoms in total. The number of anilines is 1. The van der Waals surface area contributed by atoms with Crippen molar-refractivity contribution in [2.75, 3.05) is 12.3 Å². The number of aromatic nitrogens is 1. The molecular weight excluding hydrogens is 240 g/mol. The van der Waals surface area contributed by atoms with Gasteiger partial charge in [0.05, 0.1) is 19.3 Å². The SMILES string of the molecule is Nc1cc(=O)n([C@H]2C[C@H](O)[C@@H](CO)O2)cc1CO. The van der Waals surface area contributed by atoms with Gasteiger partial charge in [-0.25, -0.2) is 0 Å². The number of nitrogens with zero attached hydrogens (tertiary/aromatic N) is 1. The van der Waals surface area contributed by atoms with E-state index in [0.29, 0.717) is 5.56 Å². The molecular formula is C11H16N2O5. The topological polar surface area (TPSA) is 118 Å². The van der Waals surface area contributed by atoms with E-state index in [-0.39, 0.29) is 30.9 Å². The zero-order valence-electron chi connectivity index (χ0n) is 9.69. The van der Waals surface area contributed by atoms with Crippen LogP contribution < -0.4 is 11.3 Å². The van der Waals surface area contributed by atoms with Crippen LogP contribution in [0.15, 0.2) is 17.1 Å². The van der Waals surface area contributed by atoms with Gasteiger partial charge < -0.3 is 25.8 Å². The third-order valence-corrected chi connectivity index (χ3v) is 3.06. The molecule has 0 amide bonds. The van der Waals surface area contributed by atoms with E-state index in [0.717, 1.165) is 0 Å². The number of aliphatic hydroxyl groups is 3. The Balaban J connectivity index is 2.32. The first-order chi connectivity index (χ1) is 8.56. The number of aliphatic hydroxyl groups excluding tert-OH is 3. The first-order valence-corrected chi connectivity index (χ1v) is 5.62. The van der Waals surface area contributed by atoms with Crippen molar-refractivity contribution in [1.82, 2.24) is 4.57 Å². The molecule has 1 fully saturated rings. The second-order valence-corrected chi connectivity index (χ2v) is 4.27. The molecule has 0 aliphatic carbocycles. The molecule has 2 heterocycles. The average Bonchev–Trinajstić information content (AvgIpc) is 2.70. The summed E-state index contributed by atoms with van der Waals surface area (Å²) in [6, 6.07) is 1.20. The zero-order chi connectivity index (χ0) is 13.3. The Kier molecular flexibility index (Phi) is 3.67. The summed E-state index contributed by atoms with van der Waals surface area (Å²) in [6.07, 6.45) is -0.552. The van der Waals surface area contributed by atoms with Crippen LogP contribution in [-0.4, -0.2) is 38.7 Å². The van der Waals surface area contributed by atoms with E-state index in [4.69, 9.17) is 20.7 Å². The van der Waals surface area contributed by atoms with Crippen LogP contribution >= 0.6 is 0 Å². The largest absolute Gasteiger partial charge is 0.398 e. The van der Waals surface area contributed by atoms with Gasteiger partial charge in [0.1, 0.15) is 12.3 Å². The number of rotatable bonds is 3. The van der Waals surface area contributed by atoms with E-state index in [9.17, 15) is 9.90 Å². The molecule has 7 heteroatoms. The van der Waals surface area contributed by atoms with Gasteiger partial charge in [0.15, 0.2) is 0 Å². The van der Waals surface area contributed by atoms with E-state index in [1.165, 1.54) is 16.8 Å². The van der Waals surface area contributed by atoms with Crippen molar-refractivity contribution in [2.24, 2.45) is 0 Å². The van der Waals surface area contributed by atoms with E-state index < -0.39 is 18.4 Å². The molecule has 18 heavy (non-hydrogen) atoms. The molecule has 5 N–H and O–H groups in total. The van der Waals surface area contributed by atoms with Crippen LogP contribution in [-0.2, 0) is 11.3 Å². The molecule has 0 radical (unpaired) electrons. The van der Waals surface area contributed by atoms with Crippen molar-refractivity contribution in [3.63, 3.8) is 0 Å². The fourth-order valence-electron chi connectivity index (χ4n) is 2.01. The van der Waals surface area contributed by atoms with Gasteiger partial charge in [-0.05, 0) is 0 Å². The molecule has 1 aliphatic heterocycles. The van der Waals surface area contributed by atoms with Gasteiger partial charge in [-0.1, -0.05) is 0 Å². The molecule has 1 aromatic heterocycles. The van der Waals surface area contributed by atoms with Crippen LogP contribution in [0.4, 0.5) is 5.69 Å². The highest BCUT2D eigenvalue weighted by atomic mass is 16.5. The predicted molar refractivity (Wildman–Crippen MR) is 62.7 cm³/mol. The Bertz CT molecular complexity index is 487. The second-order valence-electron chi connectivity index (χ2n) is 4.27. The summed E-state index contributed by atoms with van der Waals surface area (Å²) >= 11 is 0.